The number of anilines is 2. The second kappa shape index (κ2) is 13.4. The number of H-pyrrole nitrogens is 1. The van der Waals surface area contributed by atoms with E-state index in [1.165, 1.54) is 36.0 Å². The predicted octanol–water partition coefficient (Wildman–Crippen LogP) is 4.96. The first kappa shape index (κ1) is 30.3. The lowest BCUT2D eigenvalue weighted by Gasteiger charge is -2.12. The van der Waals surface area contributed by atoms with Crippen molar-refractivity contribution in [2.45, 2.75) is 9.79 Å². The Morgan fingerprint density at radius 3 is 2.14 bits per heavy atom. The summed E-state index contributed by atoms with van der Waals surface area (Å²) in [6.45, 7) is 0. The maximum Gasteiger partial charge on any atom is 0.272 e. The molecule has 5 aromatic rings. The minimum atomic E-state index is -3.81. The minimum Gasteiger partial charge on any atom is -0.361 e. The third-order valence-electron chi connectivity index (χ3n) is 6.40. The van der Waals surface area contributed by atoms with Crippen LogP contribution < -0.4 is 21.1 Å². The normalized spacial score (nSPS) is 11.6. The Labute approximate surface area is 257 Å². The lowest BCUT2D eigenvalue weighted by molar-refractivity contribution is -0.114. The van der Waals surface area contributed by atoms with E-state index in [0.29, 0.717) is 16.9 Å². The number of aromatic nitrogens is 1. The van der Waals surface area contributed by atoms with E-state index in [4.69, 9.17) is 5.14 Å². The second-order valence-electron chi connectivity index (χ2n) is 9.55. The van der Waals surface area contributed by atoms with E-state index in [-0.39, 0.29) is 22.3 Å². The van der Waals surface area contributed by atoms with E-state index in [9.17, 15) is 22.8 Å². The van der Waals surface area contributed by atoms with Crippen LogP contribution in [0, 0.1) is 0 Å². The van der Waals surface area contributed by atoms with Crippen molar-refractivity contribution < 1.29 is 22.8 Å². The van der Waals surface area contributed by atoms with Gasteiger partial charge in [0.2, 0.25) is 15.9 Å². The molecule has 44 heavy (non-hydrogen) atoms. The monoisotopic (exact) mass is 625 g/mol. The molecular weight excluding hydrogens is 599 g/mol. The lowest BCUT2D eigenvalue weighted by Crippen LogP contribution is -2.30. The Hall–Kier alpha value is -5.17. The van der Waals surface area contributed by atoms with Crippen molar-refractivity contribution in [2.75, 3.05) is 16.4 Å². The van der Waals surface area contributed by atoms with Gasteiger partial charge >= 0.3 is 0 Å². The van der Waals surface area contributed by atoms with E-state index in [1.807, 2.05) is 24.3 Å². The van der Waals surface area contributed by atoms with Crippen LogP contribution in [0.2, 0.25) is 0 Å². The minimum absolute atomic E-state index is 0.0452. The Morgan fingerprint density at radius 2 is 1.43 bits per heavy atom. The number of carbonyl (C=O) groups excluding carboxylic acids is 3. The largest absolute Gasteiger partial charge is 0.361 e. The smallest absolute Gasteiger partial charge is 0.272 e. The topological polar surface area (TPSA) is 163 Å². The van der Waals surface area contributed by atoms with E-state index >= 15 is 0 Å². The van der Waals surface area contributed by atoms with Crippen molar-refractivity contribution in [3.8, 4) is 0 Å². The molecule has 3 amide bonds. The standard InChI is InChI=1S/C32H27N5O5S2/c33-44(41,42)26-16-12-23(13-17-26)35-30(38)20-43-25-14-10-24(11-15-25)36-32(40)29(37-31(39)21-6-2-1-3-7-21)18-22-19-34-28-9-5-4-8-27(22)28/h1-19,34H,20H2,(H,35,38)(H,36,40)(H,37,39)(H2,33,41,42). The van der Waals surface area contributed by atoms with Crippen LogP contribution in [0.4, 0.5) is 11.4 Å². The number of fused-ring (bicyclic) bond motifs is 1. The highest BCUT2D eigenvalue weighted by atomic mass is 32.2. The van der Waals surface area contributed by atoms with E-state index in [2.05, 4.69) is 20.9 Å². The number of para-hydroxylation sites is 1. The van der Waals surface area contributed by atoms with Crippen molar-refractivity contribution >= 4 is 67.9 Å². The molecule has 1 aromatic heterocycles. The quantitative estimate of drug-likeness (QED) is 0.109. The number of primary sulfonamides is 1. The molecule has 4 aromatic carbocycles. The van der Waals surface area contributed by atoms with Gasteiger partial charge < -0.3 is 20.9 Å². The molecule has 1 heterocycles. The van der Waals surface area contributed by atoms with Crippen LogP contribution in [-0.4, -0.2) is 36.9 Å². The molecule has 12 heteroatoms. The molecule has 0 radical (unpaired) electrons. The van der Waals surface area contributed by atoms with Gasteiger partial charge in [-0.05, 0) is 72.8 Å². The maximum atomic E-state index is 13.4. The van der Waals surface area contributed by atoms with E-state index in [0.717, 1.165) is 21.4 Å². The van der Waals surface area contributed by atoms with E-state index in [1.54, 1.807) is 66.9 Å². The fourth-order valence-electron chi connectivity index (χ4n) is 4.22. The zero-order valence-corrected chi connectivity index (χ0v) is 24.7. The first-order chi connectivity index (χ1) is 21.2. The number of carbonyl (C=O) groups is 3. The summed E-state index contributed by atoms with van der Waals surface area (Å²) in [4.78, 5) is 42.6. The molecule has 0 unspecified atom stereocenters. The summed E-state index contributed by atoms with van der Waals surface area (Å²) in [5.41, 5.74) is 3.06. The van der Waals surface area contributed by atoms with Gasteiger partial charge in [-0.25, -0.2) is 13.6 Å². The maximum absolute atomic E-state index is 13.4. The van der Waals surface area contributed by atoms with Gasteiger partial charge in [0.15, 0.2) is 0 Å². The van der Waals surface area contributed by atoms with Gasteiger partial charge in [0, 0.05) is 44.5 Å². The molecule has 0 fully saturated rings. The summed E-state index contributed by atoms with van der Waals surface area (Å²) in [5.74, 6) is -1.10. The lowest BCUT2D eigenvalue weighted by atomic mass is 10.1. The fourth-order valence-corrected chi connectivity index (χ4v) is 5.43. The van der Waals surface area contributed by atoms with Gasteiger partial charge in [-0.15, -0.1) is 11.8 Å². The molecule has 0 atom stereocenters. The van der Waals surface area contributed by atoms with Gasteiger partial charge in [-0.1, -0.05) is 36.4 Å². The van der Waals surface area contributed by atoms with Gasteiger partial charge in [0.1, 0.15) is 5.70 Å². The summed E-state index contributed by atoms with van der Waals surface area (Å²) in [6, 6.07) is 28.8. The van der Waals surface area contributed by atoms with Crippen molar-refractivity contribution in [3.63, 3.8) is 0 Å². The summed E-state index contributed by atoms with van der Waals surface area (Å²) in [5, 5.41) is 14.3. The molecule has 0 saturated carbocycles. The van der Waals surface area contributed by atoms with Crippen LogP contribution in [0.1, 0.15) is 15.9 Å². The van der Waals surface area contributed by atoms with E-state index < -0.39 is 21.8 Å². The van der Waals surface area contributed by atoms with Crippen molar-refractivity contribution in [1.82, 2.24) is 10.3 Å². The van der Waals surface area contributed by atoms with Gasteiger partial charge in [-0.3, -0.25) is 14.4 Å². The molecule has 0 saturated heterocycles. The van der Waals surface area contributed by atoms with Gasteiger partial charge in [-0.2, -0.15) is 0 Å². The van der Waals surface area contributed by atoms with Gasteiger partial charge in [0.25, 0.3) is 11.8 Å². The summed E-state index contributed by atoms with van der Waals surface area (Å²) in [7, 11) is -3.81. The average molecular weight is 626 g/mol. The SMILES string of the molecule is NS(=O)(=O)c1ccc(NC(=O)CSc2ccc(NC(=O)C(=Cc3c[nH]c4ccccc34)NC(=O)c3ccccc3)cc2)cc1. The number of thioether (sulfide) groups is 1. The van der Waals surface area contributed by atoms with Crippen LogP contribution in [0.25, 0.3) is 17.0 Å². The van der Waals surface area contributed by atoms with Crippen molar-refractivity contribution in [1.29, 1.82) is 0 Å². The molecule has 0 aliphatic rings. The highest BCUT2D eigenvalue weighted by Gasteiger charge is 2.16. The molecule has 5 rings (SSSR count). The molecule has 10 nitrogen and oxygen atoms in total. The molecule has 222 valence electrons. The zero-order valence-electron chi connectivity index (χ0n) is 23.1. The Morgan fingerprint density at radius 1 is 0.795 bits per heavy atom. The Kier molecular flexibility index (Phi) is 9.24. The molecule has 0 aliphatic carbocycles. The molecule has 0 aliphatic heterocycles. The summed E-state index contributed by atoms with van der Waals surface area (Å²) in [6.07, 6.45) is 3.40. The highest BCUT2D eigenvalue weighted by Crippen LogP contribution is 2.23. The van der Waals surface area contributed by atoms with Crippen LogP contribution in [-0.2, 0) is 19.6 Å². The fraction of sp³-hybridized carbons (Fsp3) is 0.0312. The summed E-state index contributed by atoms with van der Waals surface area (Å²) >= 11 is 1.29. The highest BCUT2D eigenvalue weighted by molar-refractivity contribution is 8.00. The van der Waals surface area contributed by atoms with Crippen LogP contribution in [0.5, 0.6) is 0 Å². The van der Waals surface area contributed by atoms with Gasteiger partial charge in [0.05, 0.1) is 10.6 Å². The third kappa shape index (κ3) is 7.81. The number of nitrogens with two attached hydrogens (primary N) is 1. The molecule has 0 spiro atoms. The number of benzene rings is 4. The second-order valence-corrected chi connectivity index (χ2v) is 12.2. The molecule has 0 bridgehead atoms. The summed E-state index contributed by atoms with van der Waals surface area (Å²) < 4.78 is 22.8. The van der Waals surface area contributed by atoms with Crippen LogP contribution >= 0.6 is 11.8 Å². The Balaban J connectivity index is 1.24. The number of nitrogens with one attached hydrogen (secondary N) is 4. The third-order valence-corrected chi connectivity index (χ3v) is 8.34. The first-order valence-electron chi connectivity index (χ1n) is 13.3. The number of sulfonamides is 1. The molecular formula is C32H27N5O5S2. The molecule has 6 N–H and O–H groups in total. The van der Waals surface area contributed by atoms with Crippen molar-refractivity contribution in [3.05, 3.63) is 126 Å². The number of amides is 3. The number of hydrogen-bond donors (Lipinski definition) is 5. The Bertz CT molecular complexity index is 1950. The van der Waals surface area contributed by atoms with Crippen LogP contribution in [0.15, 0.2) is 125 Å². The average Bonchev–Trinajstić information content (AvgIpc) is 3.43. The first-order valence-corrected chi connectivity index (χ1v) is 15.8. The van der Waals surface area contributed by atoms with Crippen LogP contribution in [0.3, 0.4) is 0 Å². The van der Waals surface area contributed by atoms with Crippen molar-refractivity contribution in [2.24, 2.45) is 5.14 Å². The number of aromatic amines is 1. The number of rotatable bonds is 10. The zero-order chi connectivity index (χ0) is 31.1. The predicted molar refractivity (Wildman–Crippen MR) is 172 cm³/mol. The number of hydrogen-bond acceptors (Lipinski definition) is 6.